The fourth-order valence-electron chi connectivity index (χ4n) is 8.73. The Morgan fingerprint density at radius 2 is 1.52 bits per heavy atom. The van der Waals surface area contributed by atoms with E-state index in [4.69, 9.17) is 18.9 Å². The number of rotatable bonds is 5. The first kappa shape index (κ1) is 35.9. The highest BCUT2D eigenvalue weighted by Gasteiger charge is 2.56. The molecule has 1 N–H and O–H groups in total. The van der Waals surface area contributed by atoms with Gasteiger partial charge in [-0.15, -0.1) is 0 Å². The van der Waals surface area contributed by atoms with E-state index in [9.17, 15) is 14.7 Å². The molecule has 0 saturated carbocycles. The minimum Gasteiger partial charge on any atom is -0.504 e. The van der Waals surface area contributed by atoms with Crippen LogP contribution in [0.1, 0.15) is 89.5 Å². The summed E-state index contributed by atoms with van der Waals surface area (Å²) in [6.45, 7) is 13.7. The van der Waals surface area contributed by atoms with Crippen LogP contribution in [0.25, 0.3) is 11.1 Å². The van der Waals surface area contributed by atoms with Crippen molar-refractivity contribution in [3.05, 3.63) is 95.1 Å². The molecule has 3 aromatic rings. The lowest BCUT2D eigenvalue weighted by Crippen LogP contribution is -2.57. The van der Waals surface area contributed by atoms with E-state index in [1.165, 1.54) is 16.7 Å². The maximum Gasteiger partial charge on any atom is 0.410 e. The van der Waals surface area contributed by atoms with Crippen molar-refractivity contribution in [1.82, 2.24) is 9.80 Å². The molecule has 7 rings (SSSR count). The van der Waals surface area contributed by atoms with Gasteiger partial charge in [0.2, 0.25) is 0 Å². The number of aromatic hydroxyl groups is 1. The van der Waals surface area contributed by atoms with Crippen LogP contribution >= 0.6 is 0 Å². The first-order chi connectivity index (χ1) is 24.8. The Morgan fingerprint density at radius 3 is 2.15 bits per heavy atom. The zero-order chi connectivity index (χ0) is 36.8. The molecule has 3 heterocycles. The molecule has 2 fully saturated rings. The molecule has 2 amide bonds. The Labute approximate surface area is 307 Å². The lowest BCUT2D eigenvalue weighted by atomic mass is 9.65. The van der Waals surface area contributed by atoms with Gasteiger partial charge in [-0.2, -0.15) is 0 Å². The Hall–Kier alpha value is -4.50. The number of para-hydroxylation sites is 1. The Morgan fingerprint density at radius 1 is 0.904 bits per heavy atom. The average Bonchev–Trinajstić information content (AvgIpc) is 3.29. The molecule has 9 heteroatoms. The Balaban J connectivity index is 1.18. The minimum absolute atomic E-state index is 0.0632. The van der Waals surface area contributed by atoms with Gasteiger partial charge in [-0.25, -0.2) is 9.59 Å². The lowest BCUT2D eigenvalue weighted by Gasteiger charge is -2.54. The van der Waals surface area contributed by atoms with Crippen LogP contribution in [-0.2, 0) is 14.2 Å². The topological polar surface area (TPSA) is 97.8 Å². The third-order valence-electron chi connectivity index (χ3n) is 11.2. The molecule has 0 bridgehead atoms. The largest absolute Gasteiger partial charge is 0.504 e. The van der Waals surface area contributed by atoms with Crippen molar-refractivity contribution in [2.24, 2.45) is 11.3 Å². The maximum atomic E-state index is 14.1. The number of ether oxygens (including phenoxy) is 4. The van der Waals surface area contributed by atoms with Crippen LogP contribution in [0, 0.1) is 11.3 Å². The molecule has 4 atom stereocenters. The number of amides is 2. The highest BCUT2D eigenvalue weighted by Crippen LogP contribution is 2.57. The van der Waals surface area contributed by atoms with Gasteiger partial charge in [-0.3, -0.25) is 0 Å². The van der Waals surface area contributed by atoms with Crippen LogP contribution < -0.4 is 4.74 Å². The fraction of sp³-hybridized carbons (Fsp3) is 0.488. The monoisotopic (exact) mass is 708 g/mol. The molecule has 9 nitrogen and oxygen atoms in total. The Kier molecular flexibility index (Phi) is 9.53. The van der Waals surface area contributed by atoms with Crippen molar-refractivity contribution < 1.29 is 33.6 Å². The molecule has 276 valence electrons. The average molecular weight is 709 g/mol. The molecule has 1 spiro atoms. The third-order valence-corrected chi connectivity index (χ3v) is 11.2. The first-order valence-corrected chi connectivity index (χ1v) is 18.6. The van der Waals surface area contributed by atoms with Crippen molar-refractivity contribution in [2.75, 3.05) is 39.4 Å². The normalized spacial score (nSPS) is 25.2. The second kappa shape index (κ2) is 13.8. The van der Waals surface area contributed by atoms with Crippen molar-refractivity contribution in [1.29, 1.82) is 0 Å². The number of phenols is 1. The summed E-state index contributed by atoms with van der Waals surface area (Å²) in [4.78, 5) is 31.3. The van der Waals surface area contributed by atoms with Gasteiger partial charge in [0, 0.05) is 49.0 Å². The van der Waals surface area contributed by atoms with Crippen molar-refractivity contribution in [3.8, 4) is 22.6 Å². The van der Waals surface area contributed by atoms with E-state index in [2.05, 4.69) is 51.1 Å². The molecule has 3 aromatic carbocycles. The van der Waals surface area contributed by atoms with Gasteiger partial charge in [0.15, 0.2) is 11.5 Å². The summed E-state index contributed by atoms with van der Waals surface area (Å²) < 4.78 is 25.7. The highest BCUT2D eigenvalue weighted by molar-refractivity contribution is 5.79. The standard InChI is InChI=1S/C43H52N2O7/c1-28(2)13-12-20-42(6)35-23-43(27-50-37(35)33-18-11-19-36(46)38(33)51-42)25-44(21-22-45(26-43)40(48)52-41(3,4)5)39(47)49-24-34-31-16-9-7-14-29(31)30-15-8-10-17-32(30)34/h7-11,13-19,34-35,37,46H,12,20-27H2,1-6H3/t35-,37+,42+,43-/m1/s1. The molecular weight excluding hydrogens is 656 g/mol. The van der Waals surface area contributed by atoms with Crippen LogP contribution in [0.4, 0.5) is 9.59 Å². The molecule has 1 aliphatic carbocycles. The molecule has 2 saturated heterocycles. The van der Waals surface area contributed by atoms with Crippen LogP contribution in [-0.4, -0.2) is 77.7 Å². The zero-order valence-corrected chi connectivity index (χ0v) is 31.3. The van der Waals surface area contributed by atoms with E-state index in [1.54, 1.807) is 15.9 Å². The van der Waals surface area contributed by atoms with Gasteiger partial charge in [-0.05, 0) is 89.1 Å². The smallest absolute Gasteiger partial charge is 0.410 e. The molecule has 4 aliphatic rings. The van der Waals surface area contributed by atoms with Gasteiger partial charge in [0.05, 0.1) is 12.7 Å². The maximum absolute atomic E-state index is 14.1. The number of hydrogen-bond acceptors (Lipinski definition) is 7. The van der Waals surface area contributed by atoms with Gasteiger partial charge in [0.25, 0.3) is 0 Å². The van der Waals surface area contributed by atoms with E-state index in [1.807, 2.05) is 57.2 Å². The lowest BCUT2D eigenvalue weighted by molar-refractivity contribution is -0.175. The van der Waals surface area contributed by atoms with Crippen molar-refractivity contribution in [2.45, 2.75) is 84.0 Å². The highest BCUT2D eigenvalue weighted by atomic mass is 16.6. The first-order valence-electron chi connectivity index (χ1n) is 18.6. The zero-order valence-electron chi connectivity index (χ0n) is 31.3. The second-order valence-corrected chi connectivity index (χ2v) is 16.6. The molecule has 0 aromatic heterocycles. The number of fused-ring (bicyclic) bond motifs is 6. The van der Waals surface area contributed by atoms with E-state index < -0.39 is 28.8 Å². The van der Waals surface area contributed by atoms with Crippen LogP contribution in [0.15, 0.2) is 78.4 Å². The number of hydrogen-bond donors (Lipinski definition) is 1. The molecular formula is C43H52N2O7. The number of phenolic OH excluding ortho intramolecular Hbond substituents is 1. The third kappa shape index (κ3) is 6.99. The van der Waals surface area contributed by atoms with Crippen LogP contribution in [0.2, 0.25) is 0 Å². The predicted molar refractivity (Wildman–Crippen MR) is 199 cm³/mol. The van der Waals surface area contributed by atoms with E-state index in [0.717, 1.165) is 23.1 Å². The summed E-state index contributed by atoms with van der Waals surface area (Å²) in [5.41, 5.74) is 4.72. The van der Waals surface area contributed by atoms with Crippen molar-refractivity contribution in [3.63, 3.8) is 0 Å². The number of allylic oxidation sites excluding steroid dienone is 2. The van der Waals surface area contributed by atoms with E-state index in [0.29, 0.717) is 51.4 Å². The van der Waals surface area contributed by atoms with Crippen LogP contribution in [0.3, 0.4) is 0 Å². The summed E-state index contributed by atoms with van der Waals surface area (Å²) in [5.74, 6) is 0.381. The van der Waals surface area contributed by atoms with E-state index >= 15 is 0 Å². The van der Waals surface area contributed by atoms with Gasteiger partial charge in [0.1, 0.15) is 17.8 Å². The summed E-state index contributed by atoms with van der Waals surface area (Å²) in [5, 5.41) is 10.9. The van der Waals surface area contributed by atoms with Crippen LogP contribution in [0.5, 0.6) is 11.5 Å². The van der Waals surface area contributed by atoms with Crippen molar-refractivity contribution >= 4 is 12.2 Å². The SMILES string of the molecule is CC(C)=CCC[C@]1(C)Oc2c(O)cccc2[C@@H]2OC[C@]3(C[C@H]21)CN(C(=O)OCC1c2ccccc2-c2ccccc21)CCN(C(=O)OC(C)(C)C)C3. The van der Waals surface area contributed by atoms with Gasteiger partial charge in [-0.1, -0.05) is 72.3 Å². The quantitative estimate of drug-likeness (QED) is 0.265. The Bertz CT molecular complexity index is 1820. The second-order valence-electron chi connectivity index (χ2n) is 16.6. The summed E-state index contributed by atoms with van der Waals surface area (Å²) in [6, 6.07) is 22.0. The number of carbonyl (C=O) groups excluding carboxylic acids is 2. The minimum atomic E-state index is -0.687. The molecule has 0 unspecified atom stereocenters. The number of benzene rings is 3. The summed E-state index contributed by atoms with van der Waals surface area (Å²) in [7, 11) is 0. The van der Waals surface area contributed by atoms with Gasteiger partial charge >= 0.3 is 12.2 Å². The summed E-state index contributed by atoms with van der Waals surface area (Å²) in [6.07, 6.45) is 3.20. The van der Waals surface area contributed by atoms with Gasteiger partial charge < -0.3 is 33.9 Å². The van der Waals surface area contributed by atoms with E-state index in [-0.39, 0.29) is 30.3 Å². The fourth-order valence-corrected chi connectivity index (χ4v) is 8.73. The molecule has 52 heavy (non-hydrogen) atoms. The molecule has 0 radical (unpaired) electrons. The number of nitrogens with zero attached hydrogens (tertiary/aromatic N) is 2. The molecule has 3 aliphatic heterocycles. The summed E-state index contributed by atoms with van der Waals surface area (Å²) >= 11 is 0. The number of carbonyl (C=O) groups is 2. The predicted octanol–water partition coefficient (Wildman–Crippen LogP) is 8.86.